The molecule has 1 aromatic carbocycles. The fraction of sp³-hybridized carbons (Fsp3) is 0.261. The Kier molecular flexibility index (Phi) is 4.53. The zero-order valence-electron chi connectivity index (χ0n) is 17.1. The van der Waals surface area contributed by atoms with Gasteiger partial charge in [-0.3, -0.25) is 18.7 Å². The van der Waals surface area contributed by atoms with E-state index in [1.807, 2.05) is 24.3 Å². The summed E-state index contributed by atoms with van der Waals surface area (Å²) in [6.45, 7) is 0.300. The predicted octanol–water partition coefficient (Wildman–Crippen LogP) is 4.45. The van der Waals surface area contributed by atoms with Gasteiger partial charge in [-0.2, -0.15) is 4.98 Å². The topological polar surface area (TPSA) is 91.1 Å². The number of hydrogen-bond donors (Lipinski definition) is 0. The van der Waals surface area contributed by atoms with E-state index in [1.54, 1.807) is 33.6 Å². The minimum absolute atomic E-state index is 0.224. The number of hydrogen-bond acceptors (Lipinski definition) is 6. The Morgan fingerprint density at radius 2 is 1.97 bits per heavy atom. The van der Waals surface area contributed by atoms with Gasteiger partial charge >= 0.3 is 0 Å². The minimum Gasteiger partial charge on any atom is -0.332 e. The Labute approximate surface area is 187 Å². The van der Waals surface area contributed by atoms with Gasteiger partial charge in [-0.25, -0.2) is 4.98 Å². The van der Waals surface area contributed by atoms with Crippen molar-refractivity contribution in [1.82, 2.24) is 29.1 Å². The summed E-state index contributed by atoms with van der Waals surface area (Å²) in [6.07, 6.45) is 7.80. The van der Waals surface area contributed by atoms with Crippen molar-refractivity contribution in [3.63, 3.8) is 0 Å². The molecule has 9 heteroatoms. The number of pyridine rings is 1. The third-order valence-corrected chi connectivity index (χ3v) is 6.35. The highest BCUT2D eigenvalue weighted by atomic mass is 35.5. The van der Waals surface area contributed by atoms with Crippen LogP contribution in [0.25, 0.3) is 28.1 Å². The van der Waals surface area contributed by atoms with Crippen LogP contribution in [-0.2, 0) is 6.54 Å². The molecule has 0 unspecified atom stereocenters. The van der Waals surface area contributed by atoms with Crippen LogP contribution in [0.3, 0.4) is 0 Å². The first-order valence-electron chi connectivity index (χ1n) is 10.6. The summed E-state index contributed by atoms with van der Waals surface area (Å²) >= 11 is 6.27. The van der Waals surface area contributed by atoms with Crippen LogP contribution in [0.15, 0.2) is 58.2 Å². The first-order chi connectivity index (χ1) is 15.7. The van der Waals surface area contributed by atoms with E-state index in [1.165, 1.54) is 12.8 Å². The van der Waals surface area contributed by atoms with Crippen LogP contribution in [0.5, 0.6) is 0 Å². The third kappa shape index (κ3) is 3.10. The number of imidazole rings is 1. The highest BCUT2D eigenvalue weighted by molar-refractivity contribution is 6.31. The molecule has 1 aliphatic carbocycles. The van der Waals surface area contributed by atoms with Crippen LogP contribution >= 0.6 is 11.6 Å². The fourth-order valence-electron chi connectivity index (χ4n) is 4.54. The van der Waals surface area contributed by atoms with Crippen molar-refractivity contribution in [2.24, 2.45) is 0 Å². The fourth-order valence-corrected chi connectivity index (χ4v) is 4.70. The summed E-state index contributed by atoms with van der Waals surface area (Å²) < 4.78 is 8.98. The van der Waals surface area contributed by atoms with Crippen molar-refractivity contribution < 1.29 is 4.52 Å². The molecule has 1 saturated carbocycles. The highest BCUT2D eigenvalue weighted by Crippen LogP contribution is 2.33. The van der Waals surface area contributed by atoms with Gasteiger partial charge in [0.05, 0.1) is 23.3 Å². The molecule has 0 saturated heterocycles. The predicted molar refractivity (Wildman–Crippen MR) is 120 cm³/mol. The lowest BCUT2D eigenvalue weighted by molar-refractivity contribution is 0.415. The van der Waals surface area contributed by atoms with Gasteiger partial charge in [0.15, 0.2) is 11.5 Å². The summed E-state index contributed by atoms with van der Waals surface area (Å²) in [5, 5.41) is 4.73. The van der Waals surface area contributed by atoms with Crippen molar-refractivity contribution in [2.75, 3.05) is 0 Å². The minimum atomic E-state index is -0.224. The van der Waals surface area contributed by atoms with E-state index in [4.69, 9.17) is 16.1 Å². The molecule has 32 heavy (non-hydrogen) atoms. The Bertz CT molecular complexity index is 1500. The van der Waals surface area contributed by atoms with E-state index in [-0.39, 0.29) is 11.4 Å². The Morgan fingerprint density at radius 3 is 2.78 bits per heavy atom. The molecule has 8 nitrogen and oxygen atoms in total. The molecule has 0 N–H and O–H groups in total. The average molecular weight is 447 g/mol. The standard InChI is InChI=1S/C23H19ClN6O2/c24-15-8-9-17-18(11-15)29(12-16-7-3-4-10-25-16)23(31)20-19(26-13-30(17)20)22-27-21(28-32-22)14-5-1-2-6-14/h3-4,7-11,13-14H,1-2,5-6,12H2. The number of aromatic nitrogens is 6. The zero-order valence-corrected chi connectivity index (χ0v) is 17.9. The summed E-state index contributed by atoms with van der Waals surface area (Å²) in [6, 6.07) is 11.1. The summed E-state index contributed by atoms with van der Waals surface area (Å²) in [7, 11) is 0. The van der Waals surface area contributed by atoms with Gasteiger partial charge < -0.3 is 4.52 Å². The summed E-state index contributed by atoms with van der Waals surface area (Å²) in [5.41, 5.74) is 2.81. The molecule has 0 aliphatic heterocycles. The van der Waals surface area contributed by atoms with Crippen LogP contribution in [0.1, 0.15) is 43.1 Å². The highest BCUT2D eigenvalue weighted by Gasteiger charge is 2.25. The second kappa shape index (κ2) is 7.56. The molecule has 1 aliphatic rings. The molecule has 4 aromatic heterocycles. The maximum Gasteiger partial charge on any atom is 0.278 e. The van der Waals surface area contributed by atoms with Crippen LogP contribution in [0.4, 0.5) is 0 Å². The van der Waals surface area contributed by atoms with Crippen molar-refractivity contribution in [1.29, 1.82) is 0 Å². The molecule has 0 amide bonds. The second-order valence-electron chi connectivity index (χ2n) is 8.10. The van der Waals surface area contributed by atoms with E-state index in [9.17, 15) is 4.79 Å². The molecular weight excluding hydrogens is 428 g/mol. The molecule has 0 spiro atoms. The second-order valence-corrected chi connectivity index (χ2v) is 8.53. The smallest absolute Gasteiger partial charge is 0.278 e. The molecule has 160 valence electrons. The van der Waals surface area contributed by atoms with Crippen molar-refractivity contribution in [3.05, 3.63) is 75.8 Å². The molecule has 6 rings (SSSR count). The van der Waals surface area contributed by atoms with E-state index >= 15 is 0 Å². The van der Waals surface area contributed by atoms with Crippen LogP contribution in [-0.4, -0.2) is 29.1 Å². The maximum absolute atomic E-state index is 13.7. The summed E-state index contributed by atoms with van der Waals surface area (Å²) in [4.78, 5) is 27.2. The average Bonchev–Trinajstić information content (AvgIpc) is 3.57. The number of rotatable bonds is 4. The van der Waals surface area contributed by atoms with Gasteiger partial charge in [0.2, 0.25) is 0 Å². The number of fused-ring (bicyclic) bond motifs is 3. The first-order valence-corrected chi connectivity index (χ1v) is 11.0. The van der Waals surface area contributed by atoms with Gasteiger partial charge in [0.25, 0.3) is 11.4 Å². The zero-order chi connectivity index (χ0) is 21.7. The van der Waals surface area contributed by atoms with Crippen molar-refractivity contribution in [3.8, 4) is 11.6 Å². The van der Waals surface area contributed by atoms with E-state index in [0.29, 0.717) is 40.0 Å². The van der Waals surface area contributed by atoms with E-state index in [0.717, 1.165) is 24.1 Å². The Hall–Kier alpha value is -3.52. The molecule has 1 fully saturated rings. The number of nitrogens with zero attached hydrogens (tertiary/aromatic N) is 6. The summed E-state index contributed by atoms with van der Waals surface area (Å²) in [5.74, 6) is 1.27. The van der Waals surface area contributed by atoms with Crippen molar-refractivity contribution in [2.45, 2.75) is 38.1 Å². The normalized spacial score (nSPS) is 14.7. The van der Waals surface area contributed by atoms with Crippen molar-refractivity contribution >= 4 is 28.2 Å². The molecule has 0 atom stereocenters. The van der Waals surface area contributed by atoms with Gasteiger partial charge in [0, 0.05) is 17.1 Å². The van der Waals surface area contributed by atoms with E-state index < -0.39 is 0 Å². The lowest BCUT2D eigenvalue weighted by Gasteiger charge is -2.12. The van der Waals surface area contributed by atoms with Crippen LogP contribution < -0.4 is 5.56 Å². The van der Waals surface area contributed by atoms with Gasteiger partial charge in [-0.05, 0) is 43.2 Å². The largest absolute Gasteiger partial charge is 0.332 e. The monoisotopic (exact) mass is 446 g/mol. The molecule has 4 heterocycles. The first kappa shape index (κ1) is 19.2. The molecule has 0 radical (unpaired) electrons. The number of halogens is 1. The van der Waals surface area contributed by atoms with Gasteiger partial charge in [-0.15, -0.1) is 0 Å². The third-order valence-electron chi connectivity index (χ3n) is 6.11. The van der Waals surface area contributed by atoms with E-state index in [2.05, 4.69) is 20.1 Å². The lowest BCUT2D eigenvalue weighted by atomic mass is 10.1. The molecule has 0 bridgehead atoms. The Balaban J connectivity index is 1.57. The lowest BCUT2D eigenvalue weighted by Crippen LogP contribution is -2.24. The maximum atomic E-state index is 13.7. The SMILES string of the molecule is O=c1c2c(-c3nc(C4CCCC4)no3)ncn2c2ccc(Cl)cc2n1Cc1ccccn1. The van der Waals surface area contributed by atoms with Crippen LogP contribution in [0, 0.1) is 0 Å². The van der Waals surface area contributed by atoms with Gasteiger partial charge in [0.1, 0.15) is 11.8 Å². The molecule has 5 aromatic rings. The quantitative estimate of drug-likeness (QED) is 0.405. The number of benzene rings is 1. The molecular formula is C23H19ClN6O2. The van der Waals surface area contributed by atoms with Crippen LogP contribution in [0.2, 0.25) is 5.02 Å². The van der Waals surface area contributed by atoms with Gasteiger partial charge in [-0.1, -0.05) is 35.7 Å². The Morgan fingerprint density at radius 1 is 1.09 bits per heavy atom.